The van der Waals surface area contributed by atoms with Crippen molar-refractivity contribution >= 4 is 5.69 Å². The number of hydrogen-bond acceptors (Lipinski definition) is 2. The zero-order chi connectivity index (χ0) is 33.9. The van der Waals surface area contributed by atoms with Crippen LogP contribution in [0.1, 0.15) is 22.3 Å². The van der Waals surface area contributed by atoms with Gasteiger partial charge in [0.25, 0.3) is 0 Å². The highest BCUT2D eigenvalue weighted by Crippen LogP contribution is 2.64. The second kappa shape index (κ2) is 11.3. The Balaban J connectivity index is 1.15. The van der Waals surface area contributed by atoms with Crippen LogP contribution in [0.15, 0.2) is 176 Å². The van der Waals surface area contributed by atoms with Gasteiger partial charge in [-0.05, 0) is 61.7 Å². The molecule has 0 atom stereocenters. The minimum absolute atomic E-state index is 0.503. The van der Waals surface area contributed by atoms with Gasteiger partial charge in [0, 0.05) is 16.7 Å². The molecule has 0 amide bonds. The first-order valence-electron chi connectivity index (χ1n) is 17.2. The predicted molar refractivity (Wildman–Crippen MR) is 206 cm³/mol. The van der Waals surface area contributed by atoms with Crippen LogP contribution in [0.4, 0.5) is 5.69 Å². The van der Waals surface area contributed by atoms with Crippen LogP contribution < -0.4 is 0 Å². The van der Waals surface area contributed by atoms with E-state index in [1.807, 2.05) is 42.5 Å². The summed E-state index contributed by atoms with van der Waals surface area (Å²) in [5.41, 5.74) is 17.2. The van der Waals surface area contributed by atoms with Crippen molar-refractivity contribution in [1.82, 2.24) is 9.97 Å². The molecule has 1 spiro atoms. The van der Waals surface area contributed by atoms with E-state index in [1.165, 1.54) is 50.1 Å². The highest BCUT2D eigenvalue weighted by atomic mass is 14.9. The first kappa shape index (κ1) is 29.1. The number of aromatic nitrogens is 2. The van der Waals surface area contributed by atoms with Crippen molar-refractivity contribution in [2.75, 3.05) is 0 Å². The number of fused-ring (bicyclic) bond motifs is 10. The van der Waals surface area contributed by atoms with Gasteiger partial charge in [-0.15, -0.1) is 0 Å². The summed E-state index contributed by atoms with van der Waals surface area (Å²) >= 11 is 0. The van der Waals surface area contributed by atoms with Crippen molar-refractivity contribution in [3.8, 4) is 67.3 Å². The molecule has 51 heavy (non-hydrogen) atoms. The highest BCUT2D eigenvalue weighted by Gasteiger charge is 2.52. The number of benzene rings is 7. The summed E-state index contributed by atoms with van der Waals surface area (Å²) in [7, 11) is 0. The van der Waals surface area contributed by atoms with E-state index in [9.17, 15) is 0 Å². The third kappa shape index (κ3) is 4.30. The molecular weight excluding hydrogens is 619 g/mol. The van der Waals surface area contributed by atoms with Gasteiger partial charge in [0.2, 0.25) is 0 Å². The molecule has 0 saturated carbocycles. The topological polar surface area (TPSA) is 30.1 Å². The molecular formula is C48H29N3. The Hall–Kier alpha value is -6.89. The molecule has 10 rings (SSSR count). The van der Waals surface area contributed by atoms with Gasteiger partial charge in [-0.1, -0.05) is 170 Å². The first-order valence-corrected chi connectivity index (χ1v) is 17.2. The molecule has 3 heteroatoms. The molecule has 7 aromatic carbocycles. The van der Waals surface area contributed by atoms with Crippen molar-refractivity contribution in [3.05, 3.63) is 210 Å². The van der Waals surface area contributed by atoms with Crippen molar-refractivity contribution in [2.24, 2.45) is 0 Å². The summed E-state index contributed by atoms with van der Waals surface area (Å²) in [5, 5.41) is 0. The maximum atomic E-state index is 7.92. The van der Waals surface area contributed by atoms with Gasteiger partial charge >= 0.3 is 0 Å². The fraction of sp³-hybridized carbons (Fsp3) is 0.0208. The van der Waals surface area contributed by atoms with E-state index >= 15 is 0 Å². The number of hydrogen-bond donors (Lipinski definition) is 0. The summed E-state index contributed by atoms with van der Waals surface area (Å²) in [6.07, 6.45) is 0. The van der Waals surface area contributed by atoms with Gasteiger partial charge < -0.3 is 0 Å². The summed E-state index contributed by atoms with van der Waals surface area (Å²) in [6.45, 7) is 7.92. The van der Waals surface area contributed by atoms with E-state index < -0.39 is 5.41 Å². The van der Waals surface area contributed by atoms with Crippen LogP contribution in [0.3, 0.4) is 0 Å². The Labute approximate surface area is 297 Å². The molecule has 0 N–H and O–H groups in total. The summed E-state index contributed by atoms with van der Waals surface area (Å²) < 4.78 is 0. The van der Waals surface area contributed by atoms with E-state index in [1.54, 1.807) is 0 Å². The molecule has 0 aliphatic heterocycles. The van der Waals surface area contributed by atoms with Gasteiger partial charge in [0.1, 0.15) is 0 Å². The standard InChI is InChI=1S/C48H29N3/c1-49-35-27-28-39-43(29-35)48(40-20-10-8-17-37(40)38-18-9-11-21-41(38)48)42-22-12-19-36(46(39)42)31-23-25-33(26-24-31)45-30-44(32-13-4-2-5-14-32)50-47(51-45)34-15-6-3-7-16-34/h2-30H. The molecule has 2 aliphatic rings. The Morgan fingerprint density at radius 1 is 0.392 bits per heavy atom. The smallest absolute Gasteiger partial charge is 0.187 e. The summed E-state index contributed by atoms with van der Waals surface area (Å²) in [6, 6.07) is 61.8. The zero-order valence-corrected chi connectivity index (χ0v) is 27.6. The first-order chi connectivity index (χ1) is 25.2. The average molecular weight is 648 g/mol. The molecule has 0 radical (unpaired) electrons. The van der Waals surface area contributed by atoms with Crippen LogP contribution in [-0.2, 0) is 5.41 Å². The highest BCUT2D eigenvalue weighted by molar-refractivity contribution is 6.00. The van der Waals surface area contributed by atoms with Crippen molar-refractivity contribution in [1.29, 1.82) is 0 Å². The van der Waals surface area contributed by atoms with Crippen molar-refractivity contribution in [2.45, 2.75) is 5.41 Å². The van der Waals surface area contributed by atoms with E-state index in [0.717, 1.165) is 33.6 Å². The second-order valence-electron chi connectivity index (χ2n) is 13.2. The lowest BCUT2D eigenvalue weighted by Gasteiger charge is -2.30. The van der Waals surface area contributed by atoms with Crippen LogP contribution in [0.25, 0.3) is 72.1 Å². The predicted octanol–water partition coefficient (Wildman–Crippen LogP) is 12.0. The third-order valence-corrected chi connectivity index (χ3v) is 10.5. The van der Waals surface area contributed by atoms with E-state index in [0.29, 0.717) is 11.5 Å². The minimum atomic E-state index is -0.503. The van der Waals surface area contributed by atoms with Crippen LogP contribution >= 0.6 is 0 Å². The molecule has 0 unspecified atom stereocenters. The summed E-state index contributed by atoms with van der Waals surface area (Å²) in [5.74, 6) is 0.703. The second-order valence-corrected chi connectivity index (χ2v) is 13.2. The van der Waals surface area contributed by atoms with Crippen LogP contribution in [-0.4, -0.2) is 9.97 Å². The van der Waals surface area contributed by atoms with Crippen LogP contribution in [0, 0.1) is 6.57 Å². The molecule has 3 nitrogen and oxygen atoms in total. The normalized spacial score (nSPS) is 12.8. The Morgan fingerprint density at radius 3 is 1.57 bits per heavy atom. The van der Waals surface area contributed by atoms with Gasteiger partial charge in [-0.25, -0.2) is 14.8 Å². The lowest BCUT2D eigenvalue weighted by Crippen LogP contribution is -2.25. The molecule has 0 saturated heterocycles. The quantitative estimate of drug-likeness (QED) is 0.178. The van der Waals surface area contributed by atoms with Crippen molar-refractivity contribution in [3.63, 3.8) is 0 Å². The molecule has 236 valence electrons. The monoisotopic (exact) mass is 647 g/mol. The van der Waals surface area contributed by atoms with Gasteiger partial charge in [0.15, 0.2) is 11.5 Å². The van der Waals surface area contributed by atoms with Gasteiger partial charge in [0.05, 0.1) is 23.4 Å². The molecule has 1 heterocycles. The zero-order valence-electron chi connectivity index (χ0n) is 27.6. The minimum Gasteiger partial charge on any atom is -0.238 e. The van der Waals surface area contributed by atoms with E-state index in [-0.39, 0.29) is 0 Å². The fourth-order valence-corrected chi connectivity index (χ4v) is 8.37. The Morgan fingerprint density at radius 2 is 0.922 bits per heavy atom. The van der Waals surface area contributed by atoms with E-state index in [2.05, 4.69) is 138 Å². The SMILES string of the molecule is [C-]#[N+]c1ccc2c(c1)C1(c3ccccc3-c3ccccc31)c1cccc(-c3ccc(-c4cc(-c5ccccc5)nc(-c5ccccc5)n4)cc3)c1-2. The van der Waals surface area contributed by atoms with Crippen LogP contribution in [0.5, 0.6) is 0 Å². The lowest BCUT2D eigenvalue weighted by atomic mass is 9.70. The average Bonchev–Trinajstić information content (AvgIpc) is 3.68. The maximum Gasteiger partial charge on any atom is 0.187 e. The van der Waals surface area contributed by atoms with Gasteiger partial charge in [-0.3, -0.25) is 0 Å². The van der Waals surface area contributed by atoms with Crippen LogP contribution in [0.2, 0.25) is 0 Å². The number of rotatable bonds is 4. The lowest BCUT2D eigenvalue weighted by molar-refractivity contribution is 0.794. The molecule has 0 fully saturated rings. The summed E-state index contributed by atoms with van der Waals surface area (Å²) in [4.78, 5) is 13.9. The Kier molecular flexibility index (Phi) is 6.46. The van der Waals surface area contributed by atoms with Gasteiger partial charge in [-0.2, -0.15) is 0 Å². The maximum absolute atomic E-state index is 7.92. The molecule has 0 bridgehead atoms. The van der Waals surface area contributed by atoms with E-state index in [4.69, 9.17) is 16.5 Å². The van der Waals surface area contributed by atoms with Crippen molar-refractivity contribution < 1.29 is 0 Å². The molecule has 2 aliphatic carbocycles. The molecule has 1 aromatic heterocycles. The number of nitrogens with zero attached hydrogens (tertiary/aromatic N) is 3. The largest absolute Gasteiger partial charge is 0.238 e. The Bertz CT molecular complexity index is 2580. The molecule has 8 aromatic rings. The third-order valence-electron chi connectivity index (χ3n) is 10.5. The fourth-order valence-electron chi connectivity index (χ4n) is 8.37.